The van der Waals surface area contributed by atoms with Crippen LogP contribution in [0.25, 0.3) is 0 Å². The molecule has 2 unspecified atom stereocenters. The number of thiazole rings is 1. The largest absolute Gasteiger partial charge is 0.380 e. The molecule has 0 N–H and O–H groups in total. The van der Waals surface area contributed by atoms with Gasteiger partial charge in [0, 0.05) is 49.8 Å². The number of aryl methyl sites for hydroxylation is 1. The zero-order valence-electron chi connectivity index (χ0n) is 14.1. The van der Waals surface area contributed by atoms with Crippen LogP contribution in [0.5, 0.6) is 0 Å². The maximum Gasteiger partial charge on any atom is 0.0898 e. The van der Waals surface area contributed by atoms with Gasteiger partial charge in [-0.3, -0.25) is 9.58 Å². The summed E-state index contributed by atoms with van der Waals surface area (Å²) in [5.41, 5.74) is 2.33. The molecule has 7 heteroatoms. The van der Waals surface area contributed by atoms with E-state index in [1.807, 2.05) is 13.1 Å². The molecule has 1 saturated heterocycles. The summed E-state index contributed by atoms with van der Waals surface area (Å²) in [5, 5.41) is 7.66. The number of hydrogen-bond acceptors (Lipinski definition) is 6. The molecule has 0 aliphatic carbocycles. The van der Waals surface area contributed by atoms with Crippen molar-refractivity contribution in [3.05, 3.63) is 34.0 Å². The minimum Gasteiger partial charge on any atom is -0.380 e. The Hall–Kier alpha value is -1.28. The summed E-state index contributed by atoms with van der Waals surface area (Å²) in [7, 11) is 0. The summed E-state index contributed by atoms with van der Waals surface area (Å²) in [6.45, 7) is 8.00. The van der Waals surface area contributed by atoms with Gasteiger partial charge in [-0.25, -0.2) is 4.98 Å². The molecule has 6 nitrogen and oxygen atoms in total. The number of nitrogens with zero attached hydrogens (tertiary/aromatic N) is 4. The SMILES string of the molecule is Cc1nc(COCC2CN(C3CCOC3)Cc3ccnn3C2)cs1. The Morgan fingerprint density at radius 1 is 1.42 bits per heavy atom. The van der Waals surface area contributed by atoms with E-state index < -0.39 is 0 Å². The summed E-state index contributed by atoms with van der Waals surface area (Å²) in [6.07, 6.45) is 3.03. The van der Waals surface area contributed by atoms with Gasteiger partial charge < -0.3 is 9.47 Å². The molecule has 2 aliphatic rings. The van der Waals surface area contributed by atoms with E-state index in [0.29, 0.717) is 18.6 Å². The molecular formula is C17H24N4O2S. The van der Waals surface area contributed by atoms with E-state index >= 15 is 0 Å². The predicted molar refractivity (Wildman–Crippen MR) is 91.9 cm³/mol. The molecular weight excluding hydrogens is 324 g/mol. The molecule has 0 bridgehead atoms. The summed E-state index contributed by atoms with van der Waals surface area (Å²) in [5.74, 6) is 0.437. The summed E-state index contributed by atoms with van der Waals surface area (Å²) < 4.78 is 13.7. The zero-order chi connectivity index (χ0) is 16.4. The molecule has 2 atom stereocenters. The fraction of sp³-hybridized carbons (Fsp3) is 0.647. The Bertz CT molecular complexity index is 665. The lowest BCUT2D eigenvalue weighted by Gasteiger charge is -2.28. The van der Waals surface area contributed by atoms with Crippen LogP contribution in [0.15, 0.2) is 17.6 Å². The smallest absolute Gasteiger partial charge is 0.0898 e. The van der Waals surface area contributed by atoms with Crippen LogP contribution >= 0.6 is 11.3 Å². The van der Waals surface area contributed by atoms with Crippen molar-refractivity contribution in [1.82, 2.24) is 19.7 Å². The van der Waals surface area contributed by atoms with Crippen LogP contribution in [0.2, 0.25) is 0 Å². The quantitative estimate of drug-likeness (QED) is 0.828. The van der Waals surface area contributed by atoms with Crippen LogP contribution in [0, 0.1) is 12.8 Å². The number of hydrogen-bond donors (Lipinski definition) is 0. The van der Waals surface area contributed by atoms with Gasteiger partial charge >= 0.3 is 0 Å². The molecule has 1 fully saturated rings. The minimum atomic E-state index is 0.437. The van der Waals surface area contributed by atoms with Crippen molar-refractivity contribution in [2.45, 2.75) is 39.1 Å². The lowest BCUT2D eigenvalue weighted by Crippen LogP contribution is -2.38. The van der Waals surface area contributed by atoms with Gasteiger partial charge in [0.25, 0.3) is 0 Å². The van der Waals surface area contributed by atoms with Crippen LogP contribution in [-0.4, -0.2) is 52.1 Å². The van der Waals surface area contributed by atoms with Crippen molar-refractivity contribution in [3.63, 3.8) is 0 Å². The first-order chi connectivity index (χ1) is 11.8. The molecule has 4 rings (SSSR count). The molecule has 0 aromatic carbocycles. The van der Waals surface area contributed by atoms with Gasteiger partial charge in [0.05, 0.1) is 36.2 Å². The number of ether oxygens (including phenoxy) is 2. The van der Waals surface area contributed by atoms with E-state index in [2.05, 4.69) is 31.1 Å². The first-order valence-corrected chi connectivity index (χ1v) is 9.47. The Kier molecular flexibility index (Phi) is 4.93. The molecule has 2 aliphatic heterocycles. The lowest BCUT2D eigenvalue weighted by atomic mass is 10.1. The van der Waals surface area contributed by atoms with Crippen molar-refractivity contribution in [2.24, 2.45) is 5.92 Å². The van der Waals surface area contributed by atoms with E-state index in [1.54, 1.807) is 11.3 Å². The first kappa shape index (κ1) is 16.2. The van der Waals surface area contributed by atoms with E-state index in [4.69, 9.17) is 9.47 Å². The molecule has 0 spiro atoms. The standard InChI is InChI=1S/C17H24N4O2S/c1-13-19-15(12-24-13)10-23-9-14-6-20(17-3-5-22-11-17)8-16-2-4-18-21(16)7-14/h2,4,12,14,17H,3,5-11H2,1H3. The third kappa shape index (κ3) is 3.69. The maximum absolute atomic E-state index is 5.98. The fourth-order valence-corrected chi connectivity index (χ4v) is 4.16. The summed E-state index contributed by atoms with van der Waals surface area (Å²) in [4.78, 5) is 7.02. The minimum absolute atomic E-state index is 0.437. The highest BCUT2D eigenvalue weighted by molar-refractivity contribution is 7.09. The lowest BCUT2D eigenvalue weighted by molar-refractivity contribution is 0.0547. The number of aromatic nitrogens is 3. The van der Waals surface area contributed by atoms with Gasteiger partial charge in [0.1, 0.15) is 0 Å². The first-order valence-electron chi connectivity index (χ1n) is 8.59. The van der Waals surface area contributed by atoms with E-state index in [9.17, 15) is 0 Å². The van der Waals surface area contributed by atoms with Crippen molar-refractivity contribution in [2.75, 3.05) is 26.4 Å². The molecule has 2 aromatic heterocycles. The number of fused-ring (bicyclic) bond motifs is 1. The fourth-order valence-electron chi connectivity index (χ4n) is 3.56. The van der Waals surface area contributed by atoms with Crippen LogP contribution in [-0.2, 0) is 29.2 Å². The monoisotopic (exact) mass is 348 g/mol. The van der Waals surface area contributed by atoms with Crippen molar-refractivity contribution < 1.29 is 9.47 Å². The Balaban J connectivity index is 1.39. The van der Waals surface area contributed by atoms with Crippen molar-refractivity contribution >= 4 is 11.3 Å². The zero-order valence-corrected chi connectivity index (χ0v) is 14.9. The Labute approximate surface area is 146 Å². The van der Waals surface area contributed by atoms with E-state index in [-0.39, 0.29) is 0 Å². The molecule has 0 saturated carbocycles. The highest BCUT2D eigenvalue weighted by Gasteiger charge is 2.29. The van der Waals surface area contributed by atoms with Crippen LogP contribution in [0.1, 0.15) is 22.8 Å². The number of rotatable bonds is 5. The Morgan fingerprint density at radius 2 is 2.38 bits per heavy atom. The van der Waals surface area contributed by atoms with Crippen LogP contribution < -0.4 is 0 Å². The molecule has 130 valence electrons. The molecule has 2 aromatic rings. The third-order valence-electron chi connectivity index (χ3n) is 4.79. The molecule has 4 heterocycles. The molecule has 24 heavy (non-hydrogen) atoms. The second kappa shape index (κ2) is 7.31. The molecule has 0 amide bonds. The Morgan fingerprint density at radius 3 is 3.17 bits per heavy atom. The average Bonchev–Trinajstić information content (AvgIpc) is 3.29. The predicted octanol–water partition coefficient (Wildman–Crippen LogP) is 2.09. The maximum atomic E-state index is 5.98. The van der Waals surface area contributed by atoms with Crippen LogP contribution in [0.3, 0.4) is 0 Å². The van der Waals surface area contributed by atoms with Gasteiger partial charge in [0.15, 0.2) is 0 Å². The highest BCUT2D eigenvalue weighted by atomic mass is 32.1. The van der Waals surface area contributed by atoms with Gasteiger partial charge in [-0.2, -0.15) is 5.10 Å². The summed E-state index contributed by atoms with van der Waals surface area (Å²) >= 11 is 1.68. The van der Waals surface area contributed by atoms with Gasteiger partial charge in [-0.1, -0.05) is 0 Å². The highest BCUT2D eigenvalue weighted by Crippen LogP contribution is 2.22. The van der Waals surface area contributed by atoms with Gasteiger partial charge in [-0.15, -0.1) is 11.3 Å². The van der Waals surface area contributed by atoms with E-state index in [1.165, 1.54) is 5.69 Å². The normalized spacial score (nSPS) is 24.9. The molecule has 0 radical (unpaired) electrons. The van der Waals surface area contributed by atoms with Gasteiger partial charge in [0.2, 0.25) is 0 Å². The van der Waals surface area contributed by atoms with E-state index in [0.717, 1.165) is 56.6 Å². The topological polar surface area (TPSA) is 52.4 Å². The van der Waals surface area contributed by atoms with Crippen molar-refractivity contribution in [3.8, 4) is 0 Å². The third-order valence-corrected chi connectivity index (χ3v) is 5.61. The average molecular weight is 348 g/mol. The summed E-state index contributed by atoms with van der Waals surface area (Å²) in [6, 6.07) is 2.65. The van der Waals surface area contributed by atoms with Crippen LogP contribution in [0.4, 0.5) is 0 Å². The second-order valence-electron chi connectivity index (χ2n) is 6.69. The second-order valence-corrected chi connectivity index (χ2v) is 7.75. The van der Waals surface area contributed by atoms with Gasteiger partial charge in [-0.05, 0) is 19.4 Å². The van der Waals surface area contributed by atoms with Crippen molar-refractivity contribution in [1.29, 1.82) is 0 Å².